The summed E-state index contributed by atoms with van der Waals surface area (Å²) >= 11 is 0. The minimum Gasteiger partial charge on any atom is -0.404 e. The zero-order valence-corrected chi connectivity index (χ0v) is 12.6. The van der Waals surface area contributed by atoms with Crippen LogP contribution in [0.4, 0.5) is 11.6 Å². The van der Waals surface area contributed by atoms with Gasteiger partial charge in [-0.15, -0.1) is 0 Å². The summed E-state index contributed by atoms with van der Waals surface area (Å²) in [5, 5.41) is 11.5. The van der Waals surface area contributed by atoms with E-state index in [0.717, 1.165) is 27.8 Å². The maximum absolute atomic E-state index is 7.40. The Morgan fingerprint density at radius 3 is 2.83 bits per heavy atom. The number of nitrogens with zero attached hydrogens (tertiary/aromatic N) is 3. The molecule has 1 aromatic carbocycles. The van der Waals surface area contributed by atoms with Crippen molar-refractivity contribution in [2.24, 2.45) is 5.73 Å². The Kier molecular flexibility index (Phi) is 3.97. The van der Waals surface area contributed by atoms with E-state index < -0.39 is 0 Å². The maximum atomic E-state index is 7.40. The predicted molar refractivity (Wildman–Crippen MR) is 92.7 cm³/mol. The number of nitrogens with two attached hydrogens (primary N) is 1. The molecule has 0 saturated heterocycles. The van der Waals surface area contributed by atoms with Crippen molar-refractivity contribution in [1.29, 1.82) is 5.41 Å². The van der Waals surface area contributed by atoms with Gasteiger partial charge in [-0.25, -0.2) is 9.97 Å². The van der Waals surface area contributed by atoms with Crippen molar-refractivity contribution < 1.29 is 0 Å². The van der Waals surface area contributed by atoms with Crippen molar-refractivity contribution in [1.82, 2.24) is 15.0 Å². The third kappa shape index (κ3) is 3.01. The number of aryl methyl sites for hydroxylation is 1. The van der Waals surface area contributed by atoms with Crippen LogP contribution in [0.25, 0.3) is 16.5 Å². The molecule has 0 aliphatic heterocycles. The first-order chi connectivity index (χ1) is 11.2. The Morgan fingerprint density at radius 1 is 1.26 bits per heavy atom. The Balaban J connectivity index is 2.02. The molecule has 0 bridgehead atoms. The van der Waals surface area contributed by atoms with Gasteiger partial charge in [0.25, 0.3) is 0 Å². The van der Waals surface area contributed by atoms with Crippen molar-refractivity contribution in [2.75, 3.05) is 5.32 Å². The number of pyridine rings is 1. The van der Waals surface area contributed by atoms with E-state index in [1.165, 1.54) is 12.4 Å². The second-order valence-electron chi connectivity index (χ2n) is 5.00. The van der Waals surface area contributed by atoms with Crippen LogP contribution in [-0.4, -0.2) is 21.2 Å². The highest BCUT2D eigenvalue weighted by Crippen LogP contribution is 2.23. The maximum Gasteiger partial charge on any atom is 0.228 e. The lowest BCUT2D eigenvalue weighted by Crippen LogP contribution is -2.00. The van der Waals surface area contributed by atoms with Gasteiger partial charge >= 0.3 is 0 Å². The van der Waals surface area contributed by atoms with E-state index in [4.69, 9.17) is 11.1 Å². The summed E-state index contributed by atoms with van der Waals surface area (Å²) in [6.07, 6.45) is 6.08. The number of aromatic nitrogens is 3. The molecule has 0 spiro atoms. The zero-order chi connectivity index (χ0) is 16.2. The molecule has 0 aliphatic carbocycles. The SMILES string of the molecule is Cc1nc(Nc2cccnc2)nc2ccc(/C(C=N)=C/N)cc12. The van der Waals surface area contributed by atoms with Crippen LogP contribution in [0.2, 0.25) is 0 Å². The molecule has 2 heterocycles. The van der Waals surface area contributed by atoms with E-state index in [1.54, 1.807) is 12.4 Å². The second-order valence-corrected chi connectivity index (χ2v) is 5.00. The van der Waals surface area contributed by atoms with Gasteiger partial charge in [-0.3, -0.25) is 4.98 Å². The van der Waals surface area contributed by atoms with Gasteiger partial charge in [0.05, 0.1) is 23.1 Å². The zero-order valence-electron chi connectivity index (χ0n) is 12.6. The smallest absolute Gasteiger partial charge is 0.228 e. The molecule has 0 atom stereocenters. The first-order valence-corrected chi connectivity index (χ1v) is 7.09. The van der Waals surface area contributed by atoms with Gasteiger partial charge in [-0.2, -0.15) is 0 Å². The first-order valence-electron chi connectivity index (χ1n) is 7.09. The average molecular weight is 304 g/mol. The second kappa shape index (κ2) is 6.23. The summed E-state index contributed by atoms with van der Waals surface area (Å²) in [6.45, 7) is 1.93. The van der Waals surface area contributed by atoms with Crippen LogP contribution in [-0.2, 0) is 0 Å². The van der Waals surface area contributed by atoms with Crippen LogP contribution >= 0.6 is 0 Å². The predicted octanol–water partition coefficient (Wildman–Crippen LogP) is 3.03. The molecule has 0 amide bonds. The largest absolute Gasteiger partial charge is 0.404 e. The lowest BCUT2D eigenvalue weighted by atomic mass is 10.0. The molecule has 3 rings (SSSR count). The summed E-state index contributed by atoms with van der Waals surface area (Å²) in [6, 6.07) is 9.50. The molecule has 6 heteroatoms. The summed E-state index contributed by atoms with van der Waals surface area (Å²) < 4.78 is 0. The molecular formula is C17H16N6. The molecule has 0 aliphatic rings. The van der Waals surface area contributed by atoms with Crippen LogP contribution in [0.15, 0.2) is 48.9 Å². The molecule has 23 heavy (non-hydrogen) atoms. The molecule has 0 saturated carbocycles. The molecule has 0 unspecified atom stereocenters. The fourth-order valence-corrected chi connectivity index (χ4v) is 2.31. The number of anilines is 2. The van der Waals surface area contributed by atoms with E-state index in [-0.39, 0.29) is 0 Å². The van der Waals surface area contributed by atoms with E-state index in [9.17, 15) is 0 Å². The normalized spacial score (nSPS) is 11.4. The van der Waals surface area contributed by atoms with Crippen molar-refractivity contribution >= 4 is 34.3 Å². The van der Waals surface area contributed by atoms with E-state index in [0.29, 0.717) is 11.5 Å². The number of benzene rings is 1. The number of allylic oxidation sites excluding steroid dienone is 1. The third-order valence-corrected chi connectivity index (χ3v) is 3.47. The van der Waals surface area contributed by atoms with Crippen LogP contribution in [0.3, 0.4) is 0 Å². The highest BCUT2D eigenvalue weighted by atomic mass is 15.1. The average Bonchev–Trinajstić information content (AvgIpc) is 2.57. The summed E-state index contributed by atoms with van der Waals surface area (Å²) in [5.41, 5.74) is 9.59. The van der Waals surface area contributed by atoms with Crippen LogP contribution in [0, 0.1) is 12.3 Å². The van der Waals surface area contributed by atoms with Crippen molar-refractivity contribution in [3.8, 4) is 0 Å². The van der Waals surface area contributed by atoms with E-state index in [1.807, 2.05) is 37.3 Å². The number of rotatable bonds is 4. The molecule has 4 N–H and O–H groups in total. The molecule has 3 aromatic rings. The lowest BCUT2D eigenvalue weighted by molar-refractivity contribution is 1.15. The Hall–Kier alpha value is -3.28. The molecule has 0 radical (unpaired) electrons. The Labute approximate surface area is 133 Å². The minimum atomic E-state index is 0.525. The fourth-order valence-electron chi connectivity index (χ4n) is 2.31. The molecule has 114 valence electrons. The van der Waals surface area contributed by atoms with Crippen molar-refractivity contribution in [3.05, 3.63) is 60.2 Å². The van der Waals surface area contributed by atoms with Gasteiger partial charge in [0.15, 0.2) is 0 Å². The highest BCUT2D eigenvalue weighted by Gasteiger charge is 2.07. The number of nitrogens with one attached hydrogen (secondary N) is 2. The van der Waals surface area contributed by atoms with E-state index >= 15 is 0 Å². The van der Waals surface area contributed by atoms with Gasteiger partial charge < -0.3 is 16.5 Å². The summed E-state index contributed by atoms with van der Waals surface area (Å²) in [7, 11) is 0. The third-order valence-electron chi connectivity index (χ3n) is 3.47. The fraction of sp³-hybridized carbons (Fsp3) is 0.0588. The van der Waals surface area contributed by atoms with Gasteiger partial charge in [0, 0.05) is 29.6 Å². The van der Waals surface area contributed by atoms with Crippen LogP contribution in [0.5, 0.6) is 0 Å². The van der Waals surface area contributed by atoms with Crippen LogP contribution < -0.4 is 11.1 Å². The number of hydrogen-bond donors (Lipinski definition) is 3. The van der Waals surface area contributed by atoms with E-state index in [2.05, 4.69) is 20.3 Å². The van der Waals surface area contributed by atoms with Crippen molar-refractivity contribution in [2.45, 2.75) is 6.92 Å². The van der Waals surface area contributed by atoms with Crippen molar-refractivity contribution in [3.63, 3.8) is 0 Å². The minimum absolute atomic E-state index is 0.525. The monoisotopic (exact) mass is 304 g/mol. The standard InChI is InChI=1S/C17H16N6/c1-11-15-7-12(13(8-18)9-19)4-5-16(15)23-17(21-11)22-14-3-2-6-20-10-14/h2-10,18H,19H2,1H3,(H,21,22,23)/b13-9+,18-8?. The molecule has 0 fully saturated rings. The van der Waals surface area contributed by atoms with Gasteiger partial charge in [0.2, 0.25) is 5.95 Å². The van der Waals surface area contributed by atoms with Gasteiger partial charge in [-0.05, 0) is 36.8 Å². The Bertz CT molecular complexity index is 886. The molecule has 6 nitrogen and oxygen atoms in total. The number of hydrogen-bond acceptors (Lipinski definition) is 6. The topological polar surface area (TPSA) is 101 Å². The molecular weight excluding hydrogens is 288 g/mol. The van der Waals surface area contributed by atoms with Gasteiger partial charge in [-0.1, -0.05) is 6.07 Å². The Morgan fingerprint density at radius 2 is 2.13 bits per heavy atom. The molecule has 2 aromatic heterocycles. The number of fused-ring (bicyclic) bond motifs is 1. The lowest BCUT2D eigenvalue weighted by Gasteiger charge is -2.09. The van der Waals surface area contributed by atoms with Crippen LogP contribution in [0.1, 0.15) is 11.3 Å². The first kappa shape index (κ1) is 14.6. The summed E-state index contributed by atoms with van der Waals surface area (Å²) in [4.78, 5) is 13.1. The summed E-state index contributed by atoms with van der Waals surface area (Å²) in [5.74, 6) is 0.525. The quantitative estimate of drug-likeness (QED) is 0.643. The van der Waals surface area contributed by atoms with Gasteiger partial charge in [0.1, 0.15) is 0 Å². The highest BCUT2D eigenvalue weighted by molar-refractivity contribution is 6.09.